The van der Waals surface area contributed by atoms with Crippen molar-refractivity contribution in [2.45, 2.75) is 39.7 Å². The van der Waals surface area contributed by atoms with Crippen molar-refractivity contribution in [3.63, 3.8) is 0 Å². The second-order valence-electron chi connectivity index (χ2n) is 3.84. The lowest BCUT2D eigenvalue weighted by Crippen LogP contribution is -2.13. The molecule has 2 rings (SSSR count). The highest BCUT2D eigenvalue weighted by atomic mass is 16.2. The Morgan fingerprint density at radius 1 is 1.40 bits per heavy atom. The minimum atomic E-state index is -0.0618. The summed E-state index contributed by atoms with van der Waals surface area (Å²) in [6.45, 7) is 4.65. The van der Waals surface area contributed by atoms with Gasteiger partial charge in [-0.2, -0.15) is 0 Å². The van der Waals surface area contributed by atoms with E-state index in [1.807, 2.05) is 6.92 Å². The van der Waals surface area contributed by atoms with Crippen molar-refractivity contribution < 1.29 is 4.79 Å². The Kier molecular flexibility index (Phi) is 2.66. The number of hydrogen-bond donors (Lipinski definition) is 1. The molecule has 1 aliphatic heterocycles. The molecule has 1 aromatic heterocycles. The smallest absolute Gasteiger partial charge is 0.270 e. The Hall–Kier alpha value is -1.45. The topological polar surface area (TPSA) is 54.9 Å². The van der Waals surface area contributed by atoms with E-state index in [0.29, 0.717) is 12.2 Å². The third kappa shape index (κ3) is 1.84. The number of nitrogens with zero attached hydrogens (tertiary/aromatic N) is 2. The maximum atomic E-state index is 11.4. The van der Waals surface area contributed by atoms with Crippen LogP contribution in [0.4, 0.5) is 0 Å². The van der Waals surface area contributed by atoms with Crippen LogP contribution in [0.5, 0.6) is 0 Å². The summed E-state index contributed by atoms with van der Waals surface area (Å²) < 4.78 is 0. The predicted octanol–water partition coefficient (Wildman–Crippen LogP) is 1.37. The highest BCUT2D eigenvalue weighted by Crippen LogP contribution is 2.16. The van der Waals surface area contributed by atoms with Gasteiger partial charge in [-0.25, -0.2) is 9.97 Å². The second-order valence-corrected chi connectivity index (χ2v) is 3.84. The van der Waals surface area contributed by atoms with Crippen LogP contribution in [0, 0.1) is 6.92 Å². The molecular weight excluding hydrogens is 190 g/mol. The zero-order valence-corrected chi connectivity index (χ0v) is 9.13. The van der Waals surface area contributed by atoms with E-state index in [1.165, 1.54) is 0 Å². The van der Waals surface area contributed by atoms with Crippen molar-refractivity contribution >= 4 is 5.91 Å². The molecule has 0 spiro atoms. The molecule has 0 saturated heterocycles. The van der Waals surface area contributed by atoms with Gasteiger partial charge in [-0.15, -0.1) is 0 Å². The number of aromatic nitrogens is 2. The van der Waals surface area contributed by atoms with Gasteiger partial charge in [-0.05, 0) is 13.3 Å². The maximum absolute atomic E-state index is 11.4. The molecule has 1 N–H and O–H groups in total. The molecule has 1 aliphatic rings. The van der Waals surface area contributed by atoms with Crippen LogP contribution in [-0.4, -0.2) is 15.9 Å². The van der Waals surface area contributed by atoms with Crippen LogP contribution in [-0.2, 0) is 13.0 Å². The van der Waals surface area contributed by atoms with E-state index < -0.39 is 0 Å². The summed E-state index contributed by atoms with van der Waals surface area (Å²) in [4.78, 5) is 20.2. The van der Waals surface area contributed by atoms with E-state index in [-0.39, 0.29) is 5.91 Å². The summed E-state index contributed by atoms with van der Waals surface area (Å²) in [6, 6.07) is 0. The average Bonchev–Trinajstić information content (AvgIpc) is 2.58. The molecule has 1 aromatic rings. The number of aryl methyl sites for hydroxylation is 2. The number of amides is 1. The van der Waals surface area contributed by atoms with Gasteiger partial charge in [-0.3, -0.25) is 4.79 Å². The van der Waals surface area contributed by atoms with Crippen LogP contribution >= 0.6 is 0 Å². The first-order valence-electron chi connectivity index (χ1n) is 5.37. The number of unbranched alkanes of at least 4 members (excludes halogenated alkanes) is 1. The van der Waals surface area contributed by atoms with Gasteiger partial charge in [-0.1, -0.05) is 13.3 Å². The van der Waals surface area contributed by atoms with Crippen molar-refractivity contribution in [1.82, 2.24) is 15.3 Å². The van der Waals surface area contributed by atoms with E-state index >= 15 is 0 Å². The lowest BCUT2D eigenvalue weighted by atomic mass is 10.2. The molecule has 0 saturated carbocycles. The normalized spacial score (nSPS) is 13.9. The Labute approximate surface area is 89.1 Å². The van der Waals surface area contributed by atoms with Gasteiger partial charge in [0.1, 0.15) is 11.5 Å². The number of nitrogens with one attached hydrogen (secondary N) is 1. The maximum Gasteiger partial charge on any atom is 0.270 e. The quantitative estimate of drug-likeness (QED) is 0.810. The second kappa shape index (κ2) is 3.96. The molecule has 0 bridgehead atoms. The van der Waals surface area contributed by atoms with Crippen LogP contribution in [0.25, 0.3) is 0 Å². The van der Waals surface area contributed by atoms with Gasteiger partial charge in [0, 0.05) is 24.2 Å². The minimum absolute atomic E-state index is 0.0618. The van der Waals surface area contributed by atoms with E-state index in [9.17, 15) is 4.79 Å². The molecule has 0 aromatic carbocycles. The highest BCUT2D eigenvalue weighted by molar-refractivity contribution is 5.96. The lowest BCUT2D eigenvalue weighted by Gasteiger charge is -2.04. The Morgan fingerprint density at radius 3 is 2.93 bits per heavy atom. The molecule has 4 heteroatoms. The van der Waals surface area contributed by atoms with E-state index in [2.05, 4.69) is 22.2 Å². The standard InChI is InChI=1S/C11H15N3O/c1-3-4-5-9-13-7(2)8-6-12-11(15)10(8)14-9/h3-6H2,1-2H3,(H,12,15). The first-order chi connectivity index (χ1) is 7.22. The first-order valence-corrected chi connectivity index (χ1v) is 5.37. The van der Waals surface area contributed by atoms with Gasteiger partial charge in [0.2, 0.25) is 0 Å². The molecule has 0 aliphatic carbocycles. The SMILES string of the molecule is CCCCc1nc(C)c2c(n1)C(=O)NC2. The van der Waals surface area contributed by atoms with Crippen molar-refractivity contribution in [3.05, 3.63) is 22.8 Å². The number of fused-ring (bicyclic) bond motifs is 1. The summed E-state index contributed by atoms with van der Waals surface area (Å²) in [7, 11) is 0. The number of carbonyl (C=O) groups is 1. The summed E-state index contributed by atoms with van der Waals surface area (Å²) in [6.07, 6.45) is 3.05. The van der Waals surface area contributed by atoms with Crippen molar-refractivity contribution in [1.29, 1.82) is 0 Å². The third-order valence-corrected chi connectivity index (χ3v) is 2.65. The molecule has 2 heterocycles. The fourth-order valence-electron chi connectivity index (χ4n) is 1.75. The predicted molar refractivity (Wildman–Crippen MR) is 56.6 cm³/mol. The molecule has 4 nitrogen and oxygen atoms in total. The van der Waals surface area contributed by atoms with Crippen molar-refractivity contribution in [3.8, 4) is 0 Å². The van der Waals surface area contributed by atoms with Crippen molar-refractivity contribution in [2.24, 2.45) is 0 Å². The molecule has 15 heavy (non-hydrogen) atoms. The summed E-state index contributed by atoms with van der Waals surface area (Å²) in [5, 5.41) is 2.77. The van der Waals surface area contributed by atoms with Crippen LogP contribution in [0.15, 0.2) is 0 Å². The first kappa shape index (κ1) is 10.1. The van der Waals surface area contributed by atoms with Gasteiger partial charge < -0.3 is 5.32 Å². The minimum Gasteiger partial charge on any atom is -0.346 e. The molecule has 0 unspecified atom stereocenters. The zero-order valence-electron chi connectivity index (χ0n) is 9.13. The van der Waals surface area contributed by atoms with Gasteiger partial charge in [0.05, 0.1) is 0 Å². The van der Waals surface area contributed by atoms with Crippen LogP contribution in [0.3, 0.4) is 0 Å². The number of carbonyl (C=O) groups excluding carboxylic acids is 1. The molecule has 0 fully saturated rings. The number of hydrogen-bond acceptors (Lipinski definition) is 3. The largest absolute Gasteiger partial charge is 0.346 e. The zero-order chi connectivity index (χ0) is 10.8. The summed E-state index contributed by atoms with van der Waals surface area (Å²) in [5.74, 6) is 0.735. The van der Waals surface area contributed by atoms with Crippen molar-refractivity contribution in [2.75, 3.05) is 0 Å². The third-order valence-electron chi connectivity index (χ3n) is 2.65. The Balaban J connectivity index is 2.33. The molecular formula is C11H15N3O. The summed E-state index contributed by atoms with van der Waals surface area (Å²) >= 11 is 0. The van der Waals surface area contributed by atoms with Crippen LogP contribution in [0.2, 0.25) is 0 Å². The molecule has 80 valence electrons. The molecule has 0 radical (unpaired) electrons. The van der Waals surface area contributed by atoms with Gasteiger partial charge >= 0.3 is 0 Å². The fourth-order valence-corrected chi connectivity index (χ4v) is 1.75. The number of rotatable bonds is 3. The fraction of sp³-hybridized carbons (Fsp3) is 0.545. The lowest BCUT2D eigenvalue weighted by molar-refractivity contribution is 0.0961. The molecule has 1 amide bonds. The van der Waals surface area contributed by atoms with E-state index in [1.54, 1.807) is 0 Å². The van der Waals surface area contributed by atoms with E-state index in [4.69, 9.17) is 0 Å². The Morgan fingerprint density at radius 2 is 2.20 bits per heavy atom. The van der Waals surface area contributed by atoms with Gasteiger partial charge in [0.25, 0.3) is 5.91 Å². The average molecular weight is 205 g/mol. The molecule has 0 atom stereocenters. The van der Waals surface area contributed by atoms with Gasteiger partial charge in [0.15, 0.2) is 0 Å². The van der Waals surface area contributed by atoms with Crippen LogP contribution < -0.4 is 5.32 Å². The van der Waals surface area contributed by atoms with Crippen LogP contribution in [0.1, 0.15) is 47.3 Å². The highest BCUT2D eigenvalue weighted by Gasteiger charge is 2.23. The van der Waals surface area contributed by atoms with E-state index in [0.717, 1.165) is 36.3 Å². The summed E-state index contributed by atoms with van der Waals surface area (Å²) in [5.41, 5.74) is 2.47. The Bertz CT molecular complexity index is 401. The monoisotopic (exact) mass is 205 g/mol.